The maximum absolute atomic E-state index is 13.3. The van der Waals surface area contributed by atoms with Crippen molar-refractivity contribution >= 4 is 5.97 Å². The van der Waals surface area contributed by atoms with Crippen LogP contribution in [0.5, 0.6) is 5.75 Å². The highest BCUT2D eigenvalue weighted by atomic mass is 19.1. The fourth-order valence-electron chi connectivity index (χ4n) is 1.10. The Hall–Kier alpha value is -2.50. The molecular weight excluding hydrogens is 251 g/mol. The van der Waals surface area contributed by atoms with E-state index in [9.17, 15) is 9.18 Å². The van der Waals surface area contributed by atoms with Crippen LogP contribution >= 0.6 is 0 Å². The van der Waals surface area contributed by atoms with Crippen LogP contribution in [-0.2, 0) is 4.74 Å². The van der Waals surface area contributed by atoms with Crippen molar-refractivity contribution < 1.29 is 18.7 Å². The summed E-state index contributed by atoms with van der Waals surface area (Å²) < 4.78 is 23.2. The van der Waals surface area contributed by atoms with Crippen LogP contribution in [0.1, 0.15) is 17.4 Å². The first kappa shape index (κ1) is 14.6. The van der Waals surface area contributed by atoms with E-state index in [1.165, 1.54) is 18.3 Å². The summed E-state index contributed by atoms with van der Waals surface area (Å²) in [4.78, 5) is 11.4. The predicted octanol–water partition coefficient (Wildman–Crippen LogP) is 2.59. The topological polar surface area (TPSA) is 61.3 Å². The first-order valence-corrected chi connectivity index (χ1v) is 5.43. The molecule has 0 unspecified atom stereocenters. The third-order valence-electron chi connectivity index (χ3n) is 1.89. The molecule has 0 aliphatic carbocycles. The average molecular weight is 264 g/mol. The molecule has 0 amide bonds. The van der Waals surface area contributed by atoms with E-state index >= 15 is 0 Å². The molecule has 0 radical (unpaired) electrons. The van der Waals surface area contributed by atoms with E-state index < -0.39 is 11.8 Å². The molecule has 0 bridgehead atoms. The molecule has 0 saturated carbocycles. The number of hydrogen-bond donors (Lipinski definition) is 0. The Balaban J connectivity index is 2.83. The fourth-order valence-corrected chi connectivity index (χ4v) is 1.10. The van der Waals surface area contributed by atoms with Crippen molar-refractivity contribution in [3.05, 3.63) is 54.9 Å². The molecule has 1 heterocycles. The Labute approximate surface area is 110 Å². The zero-order valence-electron chi connectivity index (χ0n) is 10.4. The molecule has 19 heavy (non-hydrogen) atoms. The molecule has 0 aliphatic rings. The summed E-state index contributed by atoms with van der Waals surface area (Å²) in [6.45, 7) is 8.64. The predicted molar refractivity (Wildman–Crippen MR) is 67.1 cm³/mol. The van der Waals surface area contributed by atoms with Crippen molar-refractivity contribution in [2.75, 3.05) is 6.61 Å². The van der Waals surface area contributed by atoms with E-state index in [0.29, 0.717) is 0 Å². The Morgan fingerprint density at radius 1 is 1.58 bits per heavy atom. The highest BCUT2D eigenvalue weighted by molar-refractivity contribution is 5.87. The van der Waals surface area contributed by atoms with Crippen LogP contribution in [-0.4, -0.2) is 22.8 Å². The molecule has 0 spiro atoms. The van der Waals surface area contributed by atoms with Gasteiger partial charge in [-0.15, -0.1) is 5.10 Å². The van der Waals surface area contributed by atoms with Gasteiger partial charge < -0.3 is 9.47 Å². The van der Waals surface area contributed by atoms with E-state index in [1.54, 1.807) is 6.92 Å². The Morgan fingerprint density at radius 2 is 2.32 bits per heavy atom. The summed E-state index contributed by atoms with van der Waals surface area (Å²) >= 11 is 0. The van der Waals surface area contributed by atoms with Crippen molar-refractivity contribution in [3.8, 4) is 5.75 Å². The van der Waals surface area contributed by atoms with Gasteiger partial charge in [0.2, 0.25) is 0 Å². The summed E-state index contributed by atoms with van der Waals surface area (Å²) in [5, 5.41) is 7.15. The molecule has 100 valence electrons. The summed E-state index contributed by atoms with van der Waals surface area (Å²) in [6, 6.07) is 1.29. The molecule has 0 aromatic carbocycles. The molecule has 1 aromatic heterocycles. The monoisotopic (exact) mass is 264 g/mol. The highest BCUT2D eigenvalue weighted by Gasteiger charge is 2.11. The molecule has 0 aliphatic heterocycles. The number of esters is 1. The van der Waals surface area contributed by atoms with Gasteiger partial charge in [-0.3, -0.25) is 0 Å². The second kappa shape index (κ2) is 7.05. The van der Waals surface area contributed by atoms with E-state index in [4.69, 9.17) is 9.47 Å². The average Bonchev–Trinajstić information content (AvgIpc) is 2.39. The number of nitrogens with zero attached hydrogens (tertiary/aromatic N) is 2. The van der Waals surface area contributed by atoms with Gasteiger partial charge >= 0.3 is 5.97 Å². The van der Waals surface area contributed by atoms with Gasteiger partial charge in [-0.05, 0) is 13.0 Å². The van der Waals surface area contributed by atoms with Crippen molar-refractivity contribution in [2.24, 2.45) is 0 Å². The lowest BCUT2D eigenvalue weighted by molar-refractivity contribution is 0.0517. The molecule has 0 atom stereocenters. The third kappa shape index (κ3) is 4.34. The van der Waals surface area contributed by atoms with Gasteiger partial charge in [0.1, 0.15) is 5.75 Å². The maximum Gasteiger partial charge on any atom is 0.358 e. The second-order valence-electron chi connectivity index (χ2n) is 3.27. The summed E-state index contributed by atoms with van der Waals surface area (Å²) in [5.74, 6) is -1.39. The number of allylic oxidation sites excluding steroid dienone is 3. The maximum atomic E-state index is 13.3. The van der Waals surface area contributed by atoms with Crippen molar-refractivity contribution in [1.29, 1.82) is 0 Å². The molecule has 5 nitrogen and oxygen atoms in total. The van der Waals surface area contributed by atoms with Crippen LogP contribution in [0.15, 0.2) is 49.2 Å². The van der Waals surface area contributed by atoms with Crippen LogP contribution in [0, 0.1) is 0 Å². The molecule has 0 N–H and O–H groups in total. The van der Waals surface area contributed by atoms with Gasteiger partial charge in [-0.25, -0.2) is 9.18 Å². The van der Waals surface area contributed by atoms with Crippen LogP contribution in [0.4, 0.5) is 4.39 Å². The number of halogens is 1. The van der Waals surface area contributed by atoms with Crippen molar-refractivity contribution in [3.63, 3.8) is 0 Å². The molecule has 1 rings (SSSR count). The molecule has 0 fully saturated rings. The second-order valence-corrected chi connectivity index (χ2v) is 3.27. The van der Waals surface area contributed by atoms with Gasteiger partial charge in [0, 0.05) is 6.07 Å². The lowest BCUT2D eigenvalue weighted by Gasteiger charge is -2.07. The first-order valence-electron chi connectivity index (χ1n) is 5.43. The van der Waals surface area contributed by atoms with E-state index in [-0.39, 0.29) is 23.8 Å². The molecule has 6 heteroatoms. The number of carbonyl (C=O) groups excluding carboxylic acids is 1. The minimum Gasteiger partial charge on any atom is -0.461 e. The number of ether oxygens (including phenoxy) is 2. The number of hydrogen-bond acceptors (Lipinski definition) is 5. The Morgan fingerprint density at radius 3 is 2.95 bits per heavy atom. The van der Waals surface area contributed by atoms with Gasteiger partial charge in [-0.1, -0.05) is 19.2 Å². The van der Waals surface area contributed by atoms with Crippen LogP contribution in [0.25, 0.3) is 0 Å². The van der Waals surface area contributed by atoms with Gasteiger partial charge in [0.15, 0.2) is 17.3 Å². The normalized spacial score (nSPS) is 10.7. The first-order chi connectivity index (χ1) is 9.08. The van der Waals surface area contributed by atoms with Crippen molar-refractivity contribution in [2.45, 2.75) is 6.92 Å². The van der Waals surface area contributed by atoms with E-state index in [1.807, 2.05) is 0 Å². The Kier molecular flexibility index (Phi) is 5.40. The molecule has 0 saturated heterocycles. The largest absolute Gasteiger partial charge is 0.461 e. The smallest absolute Gasteiger partial charge is 0.358 e. The van der Waals surface area contributed by atoms with Gasteiger partial charge in [0.25, 0.3) is 0 Å². The zero-order chi connectivity index (χ0) is 14.3. The van der Waals surface area contributed by atoms with Crippen LogP contribution in [0.3, 0.4) is 0 Å². The quantitative estimate of drug-likeness (QED) is 0.449. The molecule has 1 aromatic rings. The summed E-state index contributed by atoms with van der Waals surface area (Å²) in [5.41, 5.74) is -0.0275. The fraction of sp³-hybridized carbons (Fsp3) is 0.154. The minimum absolute atomic E-state index is 0.0275. The summed E-state index contributed by atoms with van der Waals surface area (Å²) in [6.07, 6.45) is 3.59. The highest BCUT2D eigenvalue weighted by Crippen LogP contribution is 2.18. The number of rotatable bonds is 6. The lowest BCUT2D eigenvalue weighted by Crippen LogP contribution is -2.08. The minimum atomic E-state index is -0.676. The zero-order valence-corrected chi connectivity index (χ0v) is 10.4. The van der Waals surface area contributed by atoms with Crippen LogP contribution in [0.2, 0.25) is 0 Å². The standard InChI is InChI=1S/C13H13FN2O3/c1-4-6-11(14)9(3)19-10-7-12(16-15-8-10)13(17)18-5-2/h4,6-8H,1,3,5H2,2H3/b11-6+. The van der Waals surface area contributed by atoms with Gasteiger partial charge in [0.05, 0.1) is 12.8 Å². The van der Waals surface area contributed by atoms with E-state index in [2.05, 4.69) is 23.4 Å². The SMILES string of the molecule is C=C/C=C(/F)C(=C)Oc1cnnc(C(=O)OCC)c1. The lowest BCUT2D eigenvalue weighted by atomic mass is 10.3. The van der Waals surface area contributed by atoms with E-state index in [0.717, 1.165) is 6.08 Å². The van der Waals surface area contributed by atoms with Gasteiger partial charge in [-0.2, -0.15) is 5.10 Å². The molecular formula is C13H13FN2O3. The Bertz CT molecular complexity index is 526. The van der Waals surface area contributed by atoms with Crippen LogP contribution < -0.4 is 4.74 Å². The number of aromatic nitrogens is 2. The third-order valence-corrected chi connectivity index (χ3v) is 1.89. The van der Waals surface area contributed by atoms with Crippen molar-refractivity contribution in [1.82, 2.24) is 10.2 Å². The summed E-state index contributed by atoms with van der Waals surface area (Å²) in [7, 11) is 0. The number of carbonyl (C=O) groups is 1.